The van der Waals surface area contributed by atoms with Gasteiger partial charge in [0, 0.05) is 18.1 Å². The molecule has 7 nitrogen and oxygen atoms in total. The van der Waals surface area contributed by atoms with Crippen molar-refractivity contribution in [3.05, 3.63) is 58.5 Å². The van der Waals surface area contributed by atoms with Crippen molar-refractivity contribution >= 4 is 16.7 Å². The monoisotopic (exact) mass is 353 g/mol. The molecular formula is C19H23N5O2. The second-order valence-electron chi connectivity index (χ2n) is 6.80. The van der Waals surface area contributed by atoms with Crippen molar-refractivity contribution in [3.8, 4) is 0 Å². The number of hydrogen-bond donors (Lipinski definition) is 1. The second kappa shape index (κ2) is 7.51. The standard InChI is InChI=1S/C19H23N5O2/c1-13(2)10-23-12-20-8-15(23)9-21-18(25)11-24-19(26)17-7-5-4-6-16(17)14(3)22-24/h4-8,12-13H,9-11H2,1-3H3,(H,21,25). The van der Waals surface area contributed by atoms with Crippen LogP contribution < -0.4 is 10.9 Å². The van der Waals surface area contributed by atoms with Gasteiger partial charge >= 0.3 is 0 Å². The van der Waals surface area contributed by atoms with Gasteiger partial charge in [-0.05, 0) is 18.9 Å². The van der Waals surface area contributed by atoms with Crippen LogP contribution in [0.4, 0.5) is 0 Å². The van der Waals surface area contributed by atoms with E-state index in [-0.39, 0.29) is 18.0 Å². The Morgan fingerprint density at radius 2 is 1.96 bits per heavy atom. The number of benzene rings is 1. The Hall–Kier alpha value is -2.96. The predicted molar refractivity (Wildman–Crippen MR) is 99.7 cm³/mol. The van der Waals surface area contributed by atoms with Gasteiger partial charge in [-0.3, -0.25) is 9.59 Å². The minimum Gasteiger partial charge on any atom is -0.349 e. The average molecular weight is 353 g/mol. The largest absolute Gasteiger partial charge is 0.349 e. The lowest BCUT2D eigenvalue weighted by Gasteiger charge is -2.12. The molecule has 0 aliphatic rings. The smallest absolute Gasteiger partial charge is 0.275 e. The highest BCUT2D eigenvalue weighted by Crippen LogP contribution is 2.11. The molecule has 3 rings (SSSR count). The Morgan fingerprint density at radius 1 is 1.23 bits per heavy atom. The first-order chi connectivity index (χ1) is 12.5. The van der Waals surface area contributed by atoms with E-state index in [0.29, 0.717) is 17.8 Å². The zero-order valence-corrected chi connectivity index (χ0v) is 15.3. The Balaban J connectivity index is 1.71. The molecule has 2 aromatic heterocycles. The molecule has 26 heavy (non-hydrogen) atoms. The molecule has 3 aromatic rings. The first-order valence-electron chi connectivity index (χ1n) is 8.68. The molecular weight excluding hydrogens is 330 g/mol. The van der Waals surface area contributed by atoms with Crippen molar-refractivity contribution in [1.29, 1.82) is 0 Å². The normalized spacial score (nSPS) is 11.2. The lowest BCUT2D eigenvalue weighted by molar-refractivity contribution is -0.122. The van der Waals surface area contributed by atoms with Crippen LogP contribution in [-0.4, -0.2) is 25.2 Å². The van der Waals surface area contributed by atoms with Gasteiger partial charge in [0.1, 0.15) is 6.54 Å². The minimum absolute atomic E-state index is 0.108. The number of carbonyl (C=O) groups excluding carboxylic acids is 1. The van der Waals surface area contributed by atoms with Crippen LogP contribution in [0.5, 0.6) is 0 Å². The SMILES string of the molecule is Cc1nn(CC(=O)NCc2cncn2CC(C)C)c(=O)c2ccccc12. The van der Waals surface area contributed by atoms with Crippen molar-refractivity contribution in [1.82, 2.24) is 24.6 Å². The third-order valence-electron chi connectivity index (χ3n) is 4.17. The van der Waals surface area contributed by atoms with Crippen LogP contribution in [0.25, 0.3) is 10.8 Å². The number of rotatable bonds is 6. The topological polar surface area (TPSA) is 81.8 Å². The number of aromatic nitrogens is 4. The number of nitrogens with one attached hydrogen (secondary N) is 1. The van der Waals surface area contributed by atoms with Crippen LogP contribution in [0.2, 0.25) is 0 Å². The molecule has 1 amide bonds. The first kappa shape index (κ1) is 17.8. The summed E-state index contributed by atoms with van der Waals surface area (Å²) in [6, 6.07) is 7.29. The summed E-state index contributed by atoms with van der Waals surface area (Å²) >= 11 is 0. The van der Waals surface area contributed by atoms with Crippen LogP contribution >= 0.6 is 0 Å². The first-order valence-corrected chi connectivity index (χ1v) is 8.68. The van der Waals surface area contributed by atoms with Crippen molar-refractivity contribution in [2.24, 2.45) is 5.92 Å². The molecule has 0 fully saturated rings. The summed E-state index contributed by atoms with van der Waals surface area (Å²) in [5.41, 5.74) is 1.40. The van der Waals surface area contributed by atoms with Gasteiger partial charge in [-0.15, -0.1) is 0 Å². The maximum Gasteiger partial charge on any atom is 0.275 e. The quantitative estimate of drug-likeness (QED) is 0.733. The van der Waals surface area contributed by atoms with Crippen molar-refractivity contribution in [3.63, 3.8) is 0 Å². The van der Waals surface area contributed by atoms with E-state index in [9.17, 15) is 9.59 Å². The lowest BCUT2D eigenvalue weighted by Crippen LogP contribution is -2.34. The fourth-order valence-corrected chi connectivity index (χ4v) is 2.95. The summed E-state index contributed by atoms with van der Waals surface area (Å²) in [4.78, 5) is 29.0. The molecule has 136 valence electrons. The maximum absolute atomic E-state index is 12.5. The summed E-state index contributed by atoms with van der Waals surface area (Å²) in [6.07, 6.45) is 3.51. The van der Waals surface area contributed by atoms with Crippen molar-refractivity contribution in [2.45, 2.75) is 40.4 Å². The molecule has 0 unspecified atom stereocenters. The van der Waals surface area contributed by atoms with E-state index in [2.05, 4.69) is 29.2 Å². The molecule has 0 bridgehead atoms. The van der Waals surface area contributed by atoms with Gasteiger partial charge in [-0.2, -0.15) is 5.10 Å². The van der Waals surface area contributed by atoms with Crippen molar-refractivity contribution < 1.29 is 4.79 Å². The predicted octanol–water partition coefficient (Wildman–Crippen LogP) is 1.87. The van der Waals surface area contributed by atoms with Crippen LogP contribution in [0.15, 0.2) is 41.6 Å². The summed E-state index contributed by atoms with van der Waals surface area (Å²) in [5, 5.41) is 8.49. The summed E-state index contributed by atoms with van der Waals surface area (Å²) in [6.45, 7) is 7.19. The number of carbonyl (C=O) groups is 1. The minimum atomic E-state index is -0.258. The highest BCUT2D eigenvalue weighted by Gasteiger charge is 2.11. The van der Waals surface area contributed by atoms with Crippen LogP contribution in [0, 0.1) is 12.8 Å². The van der Waals surface area contributed by atoms with E-state index >= 15 is 0 Å². The molecule has 0 saturated carbocycles. The number of imidazole rings is 1. The van der Waals surface area contributed by atoms with Gasteiger partial charge in [0.05, 0.1) is 29.6 Å². The van der Waals surface area contributed by atoms with Gasteiger partial charge in [0.2, 0.25) is 5.91 Å². The van der Waals surface area contributed by atoms with Crippen LogP contribution in [-0.2, 0) is 24.4 Å². The molecule has 0 atom stereocenters. The molecule has 7 heteroatoms. The van der Waals surface area contributed by atoms with Crippen LogP contribution in [0.1, 0.15) is 25.2 Å². The fourth-order valence-electron chi connectivity index (χ4n) is 2.95. The van der Waals surface area contributed by atoms with Gasteiger partial charge in [-0.25, -0.2) is 9.67 Å². The Bertz CT molecular complexity index is 987. The third kappa shape index (κ3) is 3.82. The number of hydrogen-bond acceptors (Lipinski definition) is 4. The number of amides is 1. The Kier molecular flexibility index (Phi) is 5.16. The molecule has 0 aliphatic heterocycles. The highest BCUT2D eigenvalue weighted by atomic mass is 16.2. The van der Waals surface area contributed by atoms with Gasteiger partial charge in [-0.1, -0.05) is 32.0 Å². The van der Waals surface area contributed by atoms with Gasteiger partial charge in [0.15, 0.2) is 0 Å². The molecule has 0 saturated heterocycles. The van der Waals surface area contributed by atoms with Crippen molar-refractivity contribution in [2.75, 3.05) is 0 Å². The van der Waals surface area contributed by atoms with E-state index in [1.165, 1.54) is 4.68 Å². The lowest BCUT2D eigenvalue weighted by atomic mass is 10.1. The zero-order valence-electron chi connectivity index (χ0n) is 15.3. The highest BCUT2D eigenvalue weighted by molar-refractivity contribution is 5.83. The molecule has 0 aliphatic carbocycles. The summed E-state index contributed by atoms with van der Waals surface area (Å²) in [5.74, 6) is 0.230. The zero-order chi connectivity index (χ0) is 18.7. The van der Waals surface area contributed by atoms with Gasteiger partial charge in [0.25, 0.3) is 5.56 Å². The second-order valence-corrected chi connectivity index (χ2v) is 6.80. The summed E-state index contributed by atoms with van der Waals surface area (Å²) < 4.78 is 3.24. The Morgan fingerprint density at radius 3 is 2.69 bits per heavy atom. The average Bonchev–Trinajstić information content (AvgIpc) is 3.04. The number of nitrogens with zero attached hydrogens (tertiary/aromatic N) is 4. The van der Waals surface area contributed by atoms with E-state index in [1.54, 1.807) is 18.6 Å². The maximum atomic E-state index is 12.5. The molecule has 1 N–H and O–H groups in total. The molecule has 0 spiro atoms. The van der Waals surface area contributed by atoms with E-state index < -0.39 is 0 Å². The Labute approximate surface area is 151 Å². The fraction of sp³-hybridized carbons (Fsp3) is 0.368. The van der Waals surface area contributed by atoms with E-state index in [1.807, 2.05) is 29.7 Å². The number of aryl methyl sites for hydroxylation is 1. The number of fused-ring (bicyclic) bond motifs is 1. The van der Waals surface area contributed by atoms with Gasteiger partial charge < -0.3 is 9.88 Å². The summed E-state index contributed by atoms with van der Waals surface area (Å²) in [7, 11) is 0. The van der Waals surface area contributed by atoms with Crippen LogP contribution in [0.3, 0.4) is 0 Å². The molecule has 1 aromatic carbocycles. The molecule has 2 heterocycles. The van der Waals surface area contributed by atoms with E-state index in [0.717, 1.165) is 23.3 Å². The van der Waals surface area contributed by atoms with E-state index in [4.69, 9.17) is 0 Å². The third-order valence-corrected chi connectivity index (χ3v) is 4.17. The molecule has 0 radical (unpaired) electrons.